The second kappa shape index (κ2) is 12.3. The lowest BCUT2D eigenvalue weighted by Gasteiger charge is -2.36. The highest BCUT2D eigenvalue weighted by Crippen LogP contribution is 2.37. The number of hydrogen-bond acceptors (Lipinski definition) is 6. The van der Waals surface area contributed by atoms with Crippen LogP contribution in [0.25, 0.3) is 0 Å². The summed E-state index contributed by atoms with van der Waals surface area (Å²) in [5, 5.41) is 3.71. The van der Waals surface area contributed by atoms with E-state index in [9.17, 15) is 9.59 Å². The molecule has 6 heteroatoms. The molecule has 0 bridgehead atoms. The number of carbonyl (C=O) groups is 2. The third kappa shape index (κ3) is 8.39. The zero-order valence-electron chi connectivity index (χ0n) is 21.5. The average Bonchev–Trinajstić information content (AvgIpc) is 2.78. The molecule has 2 aromatic rings. The highest BCUT2D eigenvalue weighted by Gasteiger charge is 2.40. The van der Waals surface area contributed by atoms with Crippen LogP contribution >= 0.6 is 11.8 Å². The van der Waals surface area contributed by atoms with Crippen molar-refractivity contribution in [3.05, 3.63) is 60.2 Å². The highest BCUT2D eigenvalue weighted by molar-refractivity contribution is 8.14. The standard InChI is InChI=1S/C28H39NO4S/c1-8-33-26(31)28(5,6)24(29-22-14-16-23(32-7)17-15-22)18-21(20-12-10-9-11-13-20)19-25(30)34-27(2,3)4/h9-17,21,24,29H,8,18-19H2,1-7H3. The van der Waals surface area contributed by atoms with Gasteiger partial charge in [0.25, 0.3) is 0 Å². The first kappa shape index (κ1) is 27.8. The maximum atomic E-state index is 13.0. The molecule has 0 aliphatic heterocycles. The summed E-state index contributed by atoms with van der Waals surface area (Å²) in [7, 11) is 1.63. The molecule has 0 aliphatic carbocycles. The van der Waals surface area contributed by atoms with Gasteiger partial charge in [-0.15, -0.1) is 0 Å². The first-order valence-electron chi connectivity index (χ1n) is 11.8. The van der Waals surface area contributed by atoms with Crippen molar-refractivity contribution in [1.82, 2.24) is 0 Å². The fourth-order valence-electron chi connectivity index (χ4n) is 3.81. The number of rotatable bonds is 11. The van der Waals surface area contributed by atoms with Crippen molar-refractivity contribution >= 4 is 28.5 Å². The summed E-state index contributed by atoms with van der Waals surface area (Å²) in [5.74, 6) is 0.454. The van der Waals surface area contributed by atoms with Gasteiger partial charge in [-0.25, -0.2) is 0 Å². The molecule has 0 aliphatic rings. The van der Waals surface area contributed by atoms with Crippen molar-refractivity contribution in [2.24, 2.45) is 5.41 Å². The summed E-state index contributed by atoms with van der Waals surface area (Å²) in [4.78, 5) is 25.9. The molecule has 0 radical (unpaired) electrons. The Morgan fingerprint density at radius 3 is 2.12 bits per heavy atom. The summed E-state index contributed by atoms with van der Waals surface area (Å²) >= 11 is 1.37. The Morgan fingerprint density at radius 2 is 1.59 bits per heavy atom. The quantitative estimate of drug-likeness (QED) is 0.358. The van der Waals surface area contributed by atoms with Crippen LogP contribution in [0.15, 0.2) is 54.6 Å². The van der Waals surface area contributed by atoms with Crippen LogP contribution in [-0.4, -0.2) is 35.6 Å². The number of carbonyl (C=O) groups excluding carboxylic acids is 2. The van der Waals surface area contributed by atoms with Crippen molar-refractivity contribution < 1.29 is 19.1 Å². The van der Waals surface area contributed by atoms with Gasteiger partial charge < -0.3 is 14.8 Å². The summed E-state index contributed by atoms with van der Waals surface area (Å²) in [6.45, 7) is 12.1. The van der Waals surface area contributed by atoms with Gasteiger partial charge in [0, 0.05) is 22.9 Å². The van der Waals surface area contributed by atoms with Gasteiger partial charge in [-0.05, 0) is 62.9 Å². The number of nitrogens with one attached hydrogen (secondary N) is 1. The second-order valence-electron chi connectivity index (χ2n) is 10.0. The second-order valence-corrected chi connectivity index (χ2v) is 11.9. The first-order valence-corrected chi connectivity index (χ1v) is 12.6. The molecule has 2 atom stereocenters. The smallest absolute Gasteiger partial charge is 0.313 e. The third-order valence-corrected chi connectivity index (χ3v) is 6.73. The van der Waals surface area contributed by atoms with E-state index in [0.29, 0.717) is 19.4 Å². The first-order chi connectivity index (χ1) is 16.0. The van der Waals surface area contributed by atoms with Crippen LogP contribution in [0.5, 0.6) is 5.75 Å². The van der Waals surface area contributed by atoms with E-state index < -0.39 is 5.41 Å². The normalized spacial score (nSPS) is 13.6. The number of esters is 1. The molecular formula is C28H39NO4S. The minimum atomic E-state index is -0.816. The minimum absolute atomic E-state index is 0.0481. The molecular weight excluding hydrogens is 446 g/mol. The van der Waals surface area contributed by atoms with Crippen LogP contribution in [0.4, 0.5) is 5.69 Å². The van der Waals surface area contributed by atoms with Gasteiger partial charge in [-0.2, -0.15) is 0 Å². The van der Waals surface area contributed by atoms with Gasteiger partial charge in [-0.3, -0.25) is 9.59 Å². The third-order valence-electron chi connectivity index (χ3n) is 5.73. The molecule has 186 valence electrons. The number of thioether (sulfide) groups is 1. The van der Waals surface area contributed by atoms with Gasteiger partial charge in [0.2, 0.25) is 0 Å². The van der Waals surface area contributed by atoms with Gasteiger partial charge in [0.1, 0.15) is 5.75 Å². The molecule has 0 saturated carbocycles. The van der Waals surface area contributed by atoms with Gasteiger partial charge >= 0.3 is 5.97 Å². The fraction of sp³-hybridized carbons (Fsp3) is 0.500. The Morgan fingerprint density at radius 1 is 0.971 bits per heavy atom. The topological polar surface area (TPSA) is 64.6 Å². The summed E-state index contributed by atoms with van der Waals surface area (Å²) in [6, 6.07) is 17.4. The number of ether oxygens (including phenoxy) is 2. The van der Waals surface area contributed by atoms with Crippen LogP contribution in [0.3, 0.4) is 0 Å². The van der Waals surface area contributed by atoms with Crippen molar-refractivity contribution in [3.8, 4) is 5.75 Å². The van der Waals surface area contributed by atoms with Crippen LogP contribution in [-0.2, 0) is 14.3 Å². The minimum Gasteiger partial charge on any atom is -0.497 e. The van der Waals surface area contributed by atoms with E-state index in [1.165, 1.54) is 11.8 Å². The molecule has 0 heterocycles. The number of benzene rings is 2. The number of methoxy groups -OCH3 is 1. The van der Waals surface area contributed by atoms with E-state index >= 15 is 0 Å². The molecule has 0 spiro atoms. The summed E-state index contributed by atoms with van der Waals surface area (Å²) in [5.41, 5.74) is 1.15. The predicted molar refractivity (Wildman–Crippen MR) is 142 cm³/mol. The lowest BCUT2D eigenvalue weighted by atomic mass is 9.77. The Hall–Kier alpha value is -2.47. The largest absolute Gasteiger partial charge is 0.497 e. The molecule has 1 N–H and O–H groups in total. The monoisotopic (exact) mass is 485 g/mol. The highest BCUT2D eigenvalue weighted by atomic mass is 32.2. The SMILES string of the molecule is CCOC(=O)C(C)(C)C(CC(CC(=O)SC(C)(C)C)c1ccccc1)Nc1ccc(OC)cc1. The predicted octanol–water partition coefficient (Wildman–Crippen LogP) is 6.69. The molecule has 5 nitrogen and oxygen atoms in total. The van der Waals surface area contributed by atoms with E-state index in [1.54, 1.807) is 7.11 Å². The molecule has 0 saturated heterocycles. The summed E-state index contributed by atoms with van der Waals surface area (Å²) in [6.07, 6.45) is 0.990. The zero-order chi connectivity index (χ0) is 25.4. The van der Waals surface area contributed by atoms with Gasteiger partial charge in [-0.1, -0.05) is 62.9 Å². The van der Waals surface area contributed by atoms with Gasteiger partial charge in [0.05, 0.1) is 19.1 Å². The molecule has 2 unspecified atom stereocenters. The Bertz CT molecular complexity index is 920. The maximum absolute atomic E-state index is 13.0. The Labute approximate surface area is 209 Å². The average molecular weight is 486 g/mol. The molecule has 0 amide bonds. The van der Waals surface area contributed by atoms with Crippen molar-refractivity contribution in [1.29, 1.82) is 0 Å². The van der Waals surface area contributed by atoms with E-state index in [0.717, 1.165) is 17.0 Å². The molecule has 2 aromatic carbocycles. The number of hydrogen-bond donors (Lipinski definition) is 1. The Kier molecular flexibility index (Phi) is 10.0. The summed E-state index contributed by atoms with van der Waals surface area (Å²) < 4.78 is 10.6. The van der Waals surface area contributed by atoms with Crippen molar-refractivity contribution in [2.75, 3.05) is 19.0 Å². The van der Waals surface area contributed by atoms with Gasteiger partial charge in [0.15, 0.2) is 5.12 Å². The van der Waals surface area contributed by atoms with E-state index in [2.05, 4.69) is 17.4 Å². The van der Waals surface area contributed by atoms with Crippen LogP contribution in [0, 0.1) is 5.41 Å². The maximum Gasteiger partial charge on any atom is 0.313 e. The lowest BCUT2D eigenvalue weighted by molar-refractivity contribution is -0.154. The van der Waals surface area contributed by atoms with E-state index in [4.69, 9.17) is 9.47 Å². The molecule has 34 heavy (non-hydrogen) atoms. The van der Waals surface area contributed by atoms with Crippen LogP contribution < -0.4 is 10.1 Å². The lowest BCUT2D eigenvalue weighted by Crippen LogP contribution is -2.44. The van der Waals surface area contributed by atoms with E-state index in [-0.39, 0.29) is 27.8 Å². The molecule has 2 rings (SSSR count). The van der Waals surface area contributed by atoms with E-state index in [1.807, 2.05) is 84.0 Å². The van der Waals surface area contributed by atoms with Crippen molar-refractivity contribution in [2.45, 2.75) is 71.1 Å². The van der Waals surface area contributed by atoms with Crippen LogP contribution in [0.1, 0.15) is 65.9 Å². The zero-order valence-corrected chi connectivity index (χ0v) is 22.3. The molecule has 0 fully saturated rings. The van der Waals surface area contributed by atoms with Crippen LogP contribution in [0.2, 0.25) is 0 Å². The van der Waals surface area contributed by atoms with Crippen molar-refractivity contribution in [3.63, 3.8) is 0 Å². The fourth-order valence-corrected chi connectivity index (χ4v) is 4.78. The number of anilines is 1. The molecule has 0 aromatic heterocycles. The Balaban J connectivity index is 2.39.